The molecule has 0 radical (unpaired) electrons. The highest BCUT2D eigenvalue weighted by Crippen LogP contribution is 2.33. The monoisotopic (exact) mass is 1200 g/mol. The van der Waals surface area contributed by atoms with Gasteiger partial charge in [0.15, 0.2) is 34.5 Å². The number of piperazine rings is 2. The molecule has 2 fully saturated rings. The summed E-state index contributed by atoms with van der Waals surface area (Å²) >= 11 is 2.23. The van der Waals surface area contributed by atoms with E-state index in [1.165, 1.54) is 23.0 Å². The third-order valence-corrected chi connectivity index (χ3v) is 13.5. The van der Waals surface area contributed by atoms with Crippen molar-refractivity contribution in [2.45, 2.75) is 86.0 Å². The summed E-state index contributed by atoms with van der Waals surface area (Å²) in [5.41, 5.74) is 4.29. The average molecular weight is 1210 g/mol. The number of amides is 4. The molecule has 79 heavy (non-hydrogen) atoms. The fourth-order valence-corrected chi connectivity index (χ4v) is 9.43. The summed E-state index contributed by atoms with van der Waals surface area (Å²) in [5, 5.41) is 6.51. The largest absolute Gasteiger partial charge is 0.444 e. The van der Waals surface area contributed by atoms with Crippen LogP contribution >= 0.6 is 22.6 Å². The maximum absolute atomic E-state index is 14.9. The van der Waals surface area contributed by atoms with Crippen LogP contribution in [0.1, 0.15) is 87.2 Å². The van der Waals surface area contributed by atoms with Crippen molar-refractivity contribution in [3.05, 3.63) is 123 Å². The van der Waals surface area contributed by atoms with Gasteiger partial charge in [0.25, 0.3) is 11.8 Å². The standard InChI is InChI=1S/C31H32F4N6O4.C24H29IN6O3/c1-5-18-16-19(6-7-20(18)28(42)39-12-14-40(15-13-39)30(43)45-31(2,3)4)38-26-27-37-17-22(41(27)11-10-36-26)21-8-9-23(44-29(34)35)25(33)24(21)32;1-5-16-14-17(28-20-21-27-15-19(25)31(21)9-8-26-20)6-7-18(16)22(32)29-10-12-30(13-11-29)23(33)34-24(2,3)4/h6-11,16-17,29H,5,12-15H2,1-4H3,(H,36,38);6-9,14-15H,5,10-13H2,1-4H3,(H,26,28). The summed E-state index contributed by atoms with van der Waals surface area (Å²) in [6.45, 7) is 15.0. The zero-order valence-corrected chi connectivity index (χ0v) is 47.1. The normalized spacial score (nSPS) is 14.1. The molecule has 2 aliphatic heterocycles. The van der Waals surface area contributed by atoms with Crippen LogP contribution in [0.5, 0.6) is 5.75 Å². The Labute approximate surface area is 467 Å². The number of aryl methyl sites for hydroxylation is 2. The van der Waals surface area contributed by atoms with E-state index in [0.29, 0.717) is 99.3 Å². The van der Waals surface area contributed by atoms with E-state index in [0.717, 1.165) is 38.3 Å². The molecule has 0 saturated carbocycles. The minimum atomic E-state index is -3.30. The first-order chi connectivity index (χ1) is 37.5. The number of hydrogen-bond acceptors (Lipinski definition) is 13. The van der Waals surface area contributed by atoms with Crippen LogP contribution < -0.4 is 15.4 Å². The van der Waals surface area contributed by atoms with Crippen LogP contribution in [-0.2, 0) is 22.3 Å². The van der Waals surface area contributed by atoms with Crippen LogP contribution in [0.2, 0.25) is 0 Å². The molecule has 9 rings (SSSR count). The quantitative estimate of drug-likeness (QED) is 0.0919. The molecule has 0 atom stereocenters. The minimum Gasteiger partial charge on any atom is -0.444 e. The predicted octanol–water partition coefficient (Wildman–Crippen LogP) is 10.6. The zero-order valence-electron chi connectivity index (χ0n) is 45.0. The lowest BCUT2D eigenvalue weighted by atomic mass is 10.0. The first-order valence-electron chi connectivity index (χ1n) is 25.6. The van der Waals surface area contributed by atoms with Crippen molar-refractivity contribution in [1.82, 2.24) is 48.3 Å². The molecule has 4 aromatic heterocycles. The Bertz CT molecular complexity index is 3380. The molecule has 6 heterocycles. The van der Waals surface area contributed by atoms with Gasteiger partial charge >= 0.3 is 18.8 Å². The Morgan fingerprint density at radius 2 is 1.05 bits per heavy atom. The molecule has 2 N–H and O–H groups in total. The number of nitrogens with zero attached hydrogens (tertiary/aromatic N) is 10. The van der Waals surface area contributed by atoms with Gasteiger partial charge in [-0.05, 0) is 137 Å². The average Bonchev–Trinajstić information content (AvgIpc) is 4.21. The Kier molecular flexibility index (Phi) is 17.5. The van der Waals surface area contributed by atoms with E-state index in [1.54, 1.807) is 64.9 Å². The number of fused-ring (bicyclic) bond motifs is 2. The summed E-state index contributed by atoms with van der Waals surface area (Å²) in [5.74, 6) is -3.00. The van der Waals surface area contributed by atoms with Crippen molar-refractivity contribution < 1.29 is 51.0 Å². The van der Waals surface area contributed by atoms with Crippen molar-refractivity contribution in [3.63, 3.8) is 0 Å². The van der Waals surface area contributed by atoms with E-state index in [-0.39, 0.29) is 29.2 Å². The van der Waals surface area contributed by atoms with Crippen LogP contribution in [0.4, 0.5) is 50.2 Å². The molecular weight excluding hydrogens is 1140 g/mol. The smallest absolute Gasteiger partial charge is 0.410 e. The van der Waals surface area contributed by atoms with Gasteiger partial charge < -0.3 is 44.4 Å². The molecular formula is C55H61F4IN12O7. The summed E-state index contributed by atoms with van der Waals surface area (Å²) in [7, 11) is 0. The summed E-state index contributed by atoms with van der Waals surface area (Å²) < 4.78 is 73.7. The van der Waals surface area contributed by atoms with Gasteiger partial charge in [-0.25, -0.2) is 33.9 Å². The first-order valence-corrected chi connectivity index (χ1v) is 26.7. The number of carbonyl (C=O) groups is 4. The first kappa shape index (κ1) is 57.4. The lowest BCUT2D eigenvalue weighted by molar-refractivity contribution is -0.0525. The molecule has 0 unspecified atom stereocenters. The Hall–Kier alpha value is -7.77. The molecule has 2 aliphatic rings. The molecule has 2 saturated heterocycles. The Morgan fingerprint density at radius 1 is 0.608 bits per heavy atom. The van der Waals surface area contributed by atoms with E-state index in [9.17, 15) is 36.7 Å². The summed E-state index contributed by atoms with van der Waals surface area (Å²) in [6.07, 6.45) is 10.2. The second kappa shape index (κ2) is 24.1. The lowest BCUT2D eigenvalue weighted by Gasteiger charge is -2.35. The van der Waals surface area contributed by atoms with E-state index in [2.05, 4.69) is 57.9 Å². The number of aromatic nitrogens is 6. The van der Waals surface area contributed by atoms with Gasteiger partial charge in [-0.2, -0.15) is 13.2 Å². The molecule has 0 aliphatic carbocycles. The van der Waals surface area contributed by atoms with Crippen LogP contribution in [0.25, 0.3) is 22.6 Å². The second-order valence-electron chi connectivity index (χ2n) is 20.5. The Balaban J connectivity index is 0.000000216. The van der Waals surface area contributed by atoms with Crippen molar-refractivity contribution in [1.29, 1.82) is 0 Å². The van der Waals surface area contributed by atoms with E-state index in [1.807, 2.05) is 69.5 Å². The van der Waals surface area contributed by atoms with Crippen molar-refractivity contribution >= 4 is 80.9 Å². The third kappa shape index (κ3) is 13.6. The molecule has 0 spiro atoms. The van der Waals surface area contributed by atoms with Crippen molar-refractivity contribution in [2.75, 3.05) is 63.0 Å². The van der Waals surface area contributed by atoms with Gasteiger partial charge in [-0.15, -0.1) is 0 Å². The molecule has 7 aromatic rings. The molecule has 24 heteroatoms. The predicted molar refractivity (Wildman–Crippen MR) is 296 cm³/mol. The number of nitrogens with one attached hydrogen (secondary N) is 2. The number of benzene rings is 3. The molecule has 418 valence electrons. The Morgan fingerprint density at radius 3 is 1.51 bits per heavy atom. The number of hydrogen-bond donors (Lipinski definition) is 2. The van der Waals surface area contributed by atoms with Crippen LogP contribution in [0.3, 0.4) is 0 Å². The van der Waals surface area contributed by atoms with Crippen LogP contribution in [0, 0.1) is 15.3 Å². The fraction of sp³-hybridized carbons (Fsp3) is 0.382. The van der Waals surface area contributed by atoms with Gasteiger partial charge in [-0.3, -0.25) is 18.4 Å². The highest BCUT2D eigenvalue weighted by Gasteiger charge is 2.31. The van der Waals surface area contributed by atoms with Gasteiger partial charge in [0, 0.05) is 105 Å². The number of imidazole rings is 2. The lowest BCUT2D eigenvalue weighted by Crippen LogP contribution is -2.51. The number of ether oxygens (including phenoxy) is 3. The number of anilines is 4. The highest BCUT2D eigenvalue weighted by atomic mass is 127. The van der Waals surface area contributed by atoms with Crippen molar-refractivity contribution in [3.8, 4) is 17.0 Å². The number of halogens is 5. The van der Waals surface area contributed by atoms with E-state index >= 15 is 0 Å². The summed E-state index contributed by atoms with van der Waals surface area (Å²) in [6, 6.07) is 13.1. The number of carbonyl (C=O) groups excluding carboxylic acids is 4. The topological polar surface area (TPSA) is 193 Å². The minimum absolute atomic E-state index is 0.0183. The van der Waals surface area contributed by atoms with Gasteiger partial charge in [0.2, 0.25) is 5.82 Å². The third-order valence-electron chi connectivity index (χ3n) is 12.7. The molecule has 0 bridgehead atoms. The summed E-state index contributed by atoms with van der Waals surface area (Å²) in [4.78, 5) is 75.7. The van der Waals surface area contributed by atoms with E-state index < -0.39 is 41.3 Å². The molecule has 4 amide bonds. The molecule has 3 aromatic carbocycles. The zero-order chi connectivity index (χ0) is 56.9. The van der Waals surface area contributed by atoms with Gasteiger partial charge in [0.05, 0.1) is 18.1 Å². The maximum Gasteiger partial charge on any atom is 0.410 e. The molecule has 19 nitrogen and oxygen atoms in total. The van der Waals surface area contributed by atoms with Crippen LogP contribution in [0.15, 0.2) is 85.7 Å². The van der Waals surface area contributed by atoms with Crippen molar-refractivity contribution in [2.24, 2.45) is 0 Å². The second-order valence-corrected chi connectivity index (χ2v) is 21.6. The number of rotatable bonds is 11. The highest BCUT2D eigenvalue weighted by molar-refractivity contribution is 14.1. The number of alkyl halides is 2. The van der Waals surface area contributed by atoms with Gasteiger partial charge in [-0.1, -0.05) is 13.8 Å². The fourth-order valence-electron chi connectivity index (χ4n) is 8.90. The van der Waals surface area contributed by atoms with Crippen LogP contribution in [-0.4, -0.2) is 143 Å². The maximum atomic E-state index is 14.9. The SMILES string of the molecule is CCc1cc(Nc2nccn3c(-c4ccc(OC(F)F)c(F)c4F)cnc23)ccc1C(=O)N1CCN(C(=O)OC(C)(C)C)CC1.CCc1cc(Nc2nccn3c(I)cnc23)ccc1C(=O)N1CCN(C(=O)OC(C)(C)C)CC1. The van der Waals surface area contributed by atoms with Gasteiger partial charge in [0.1, 0.15) is 14.9 Å². The van der Waals surface area contributed by atoms with E-state index in [4.69, 9.17) is 9.47 Å².